The lowest BCUT2D eigenvalue weighted by atomic mass is 9.77. The summed E-state index contributed by atoms with van der Waals surface area (Å²) in [6.07, 6.45) is 2.77. The standard InChI is InChI=1S/C27H31FN4O5/c1-26(2,11-31-12-27(13-31)14-36-15-27)37-17-4-5-21-18(9-29-32(21)10-17)16-6-22(33)24(23(7-16)35-3)25(34)30-20-8-19(20)28/h4-7,9-10,19-20,33H,8,11-15H2,1-3H3,(H,30,34). The number of rotatable bonds is 8. The van der Waals surface area contributed by atoms with E-state index in [1.54, 1.807) is 16.8 Å². The van der Waals surface area contributed by atoms with Crippen LogP contribution in [0, 0.1) is 5.41 Å². The molecule has 2 N–H and O–H groups in total. The van der Waals surface area contributed by atoms with Gasteiger partial charge in [0.2, 0.25) is 0 Å². The van der Waals surface area contributed by atoms with Crippen LogP contribution < -0.4 is 14.8 Å². The number of methoxy groups -OCH3 is 1. The van der Waals surface area contributed by atoms with Gasteiger partial charge in [-0.1, -0.05) is 0 Å². The van der Waals surface area contributed by atoms with Crippen LogP contribution in [0.1, 0.15) is 30.6 Å². The highest BCUT2D eigenvalue weighted by molar-refractivity contribution is 6.01. The van der Waals surface area contributed by atoms with Crippen LogP contribution in [0.5, 0.6) is 17.2 Å². The van der Waals surface area contributed by atoms with Gasteiger partial charge < -0.3 is 24.6 Å². The minimum absolute atomic E-state index is 0.0160. The molecule has 0 radical (unpaired) electrons. The van der Waals surface area contributed by atoms with Gasteiger partial charge in [-0.15, -0.1) is 0 Å². The van der Waals surface area contributed by atoms with Crippen molar-refractivity contribution in [2.45, 2.75) is 38.1 Å². The summed E-state index contributed by atoms with van der Waals surface area (Å²) < 4.78 is 32.1. The molecule has 1 spiro atoms. The molecule has 1 amide bonds. The Balaban J connectivity index is 1.20. The zero-order chi connectivity index (χ0) is 25.9. The molecular weight excluding hydrogens is 479 g/mol. The molecule has 2 saturated heterocycles. The summed E-state index contributed by atoms with van der Waals surface area (Å²) in [6.45, 7) is 8.81. The van der Waals surface area contributed by atoms with Crippen molar-refractivity contribution in [1.29, 1.82) is 0 Å². The van der Waals surface area contributed by atoms with Gasteiger partial charge in [0.1, 0.15) is 34.6 Å². The van der Waals surface area contributed by atoms with Crippen LogP contribution >= 0.6 is 0 Å². The van der Waals surface area contributed by atoms with E-state index in [4.69, 9.17) is 14.2 Å². The third-order valence-electron chi connectivity index (χ3n) is 7.29. The molecule has 2 unspecified atom stereocenters. The number of carbonyl (C=O) groups is 1. The second-order valence-electron chi connectivity index (χ2n) is 11.2. The number of hydrogen-bond donors (Lipinski definition) is 2. The SMILES string of the molecule is COc1cc(-c2cnn3cc(OC(C)(C)CN4CC5(COC5)C4)ccc23)cc(O)c1C(=O)NC1CC1F. The normalized spacial score (nSPS) is 22.4. The number of halogens is 1. The maximum Gasteiger partial charge on any atom is 0.259 e. The van der Waals surface area contributed by atoms with Crippen molar-refractivity contribution in [3.63, 3.8) is 0 Å². The van der Waals surface area contributed by atoms with Crippen molar-refractivity contribution < 1.29 is 28.5 Å². The summed E-state index contributed by atoms with van der Waals surface area (Å²) >= 11 is 0. The fourth-order valence-electron chi connectivity index (χ4n) is 5.42. The fourth-order valence-corrected chi connectivity index (χ4v) is 5.42. The Morgan fingerprint density at radius 1 is 1.32 bits per heavy atom. The van der Waals surface area contributed by atoms with Crippen molar-refractivity contribution in [3.05, 3.63) is 42.2 Å². The smallest absolute Gasteiger partial charge is 0.259 e. The molecule has 1 aliphatic carbocycles. The van der Waals surface area contributed by atoms with E-state index in [1.807, 2.05) is 18.3 Å². The van der Waals surface area contributed by atoms with Crippen LogP contribution in [0.15, 0.2) is 36.7 Å². The lowest BCUT2D eigenvalue weighted by molar-refractivity contribution is -0.196. The molecule has 10 heteroatoms. The number of ether oxygens (including phenoxy) is 3. The highest BCUT2D eigenvalue weighted by atomic mass is 19.1. The minimum Gasteiger partial charge on any atom is -0.507 e. The van der Waals surface area contributed by atoms with Gasteiger partial charge in [0, 0.05) is 37.0 Å². The highest BCUT2D eigenvalue weighted by Gasteiger charge is 2.50. The van der Waals surface area contributed by atoms with Crippen LogP contribution in [0.2, 0.25) is 0 Å². The third kappa shape index (κ3) is 4.48. The largest absolute Gasteiger partial charge is 0.507 e. The molecule has 4 heterocycles. The van der Waals surface area contributed by atoms with Gasteiger partial charge in [-0.2, -0.15) is 5.10 Å². The van der Waals surface area contributed by atoms with Crippen molar-refractivity contribution >= 4 is 11.4 Å². The van der Waals surface area contributed by atoms with Gasteiger partial charge >= 0.3 is 0 Å². The maximum absolute atomic E-state index is 13.2. The van der Waals surface area contributed by atoms with Crippen LogP contribution in [0.25, 0.3) is 16.6 Å². The Labute approximate surface area is 214 Å². The molecule has 1 aromatic carbocycles. The van der Waals surface area contributed by atoms with E-state index >= 15 is 0 Å². The van der Waals surface area contributed by atoms with Crippen molar-refractivity contribution in [2.24, 2.45) is 5.41 Å². The average molecular weight is 511 g/mol. The summed E-state index contributed by atoms with van der Waals surface area (Å²) in [7, 11) is 1.42. The molecule has 2 atom stereocenters. The Morgan fingerprint density at radius 2 is 2.08 bits per heavy atom. The second kappa shape index (κ2) is 8.59. The number of fused-ring (bicyclic) bond motifs is 1. The Morgan fingerprint density at radius 3 is 2.73 bits per heavy atom. The van der Waals surface area contributed by atoms with E-state index in [0.717, 1.165) is 43.9 Å². The number of alkyl halides is 1. The number of amides is 1. The minimum atomic E-state index is -1.04. The summed E-state index contributed by atoms with van der Waals surface area (Å²) in [6, 6.07) is 6.47. The van der Waals surface area contributed by atoms with Crippen molar-refractivity contribution in [1.82, 2.24) is 19.8 Å². The first-order chi connectivity index (χ1) is 17.7. The lowest BCUT2D eigenvalue weighted by Gasteiger charge is -2.56. The second-order valence-corrected chi connectivity index (χ2v) is 11.2. The molecule has 1 saturated carbocycles. The van der Waals surface area contributed by atoms with Gasteiger partial charge in [-0.3, -0.25) is 9.69 Å². The van der Waals surface area contributed by atoms with Gasteiger partial charge in [-0.25, -0.2) is 8.91 Å². The molecule has 2 aliphatic heterocycles. The highest BCUT2D eigenvalue weighted by Crippen LogP contribution is 2.39. The monoisotopic (exact) mass is 510 g/mol. The van der Waals surface area contributed by atoms with Gasteiger partial charge in [0.05, 0.1) is 44.3 Å². The van der Waals surface area contributed by atoms with Crippen LogP contribution in [-0.2, 0) is 4.74 Å². The number of pyridine rings is 1. The number of nitrogens with one attached hydrogen (secondary N) is 1. The topological polar surface area (TPSA) is 97.6 Å². The Hall–Kier alpha value is -3.37. The third-order valence-corrected chi connectivity index (χ3v) is 7.29. The van der Waals surface area contributed by atoms with Crippen LogP contribution in [0.4, 0.5) is 4.39 Å². The van der Waals surface area contributed by atoms with Gasteiger partial charge in [0.15, 0.2) is 0 Å². The van der Waals surface area contributed by atoms with E-state index in [0.29, 0.717) is 16.7 Å². The van der Waals surface area contributed by atoms with E-state index in [-0.39, 0.29) is 29.1 Å². The first-order valence-corrected chi connectivity index (χ1v) is 12.5. The first-order valence-electron chi connectivity index (χ1n) is 12.5. The zero-order valence-corrected chi connectivity index (χ0v) is 21.2. The van der Waals surface area contributed by atoms with E-state index in [9.17, 15) is 14.3 Å². The molecule has 6 rings (SSSR count). The number of likely N-dealkylation sites (tertiary alicyclic amines) is 1. The van der Waals surface area contributed by atoms with Gasteiger partial charge in [0.25, 0.3) is 5.91 Å². The number of benzene rings is 1. The summed E-state index contributed by atoms with van der Waals surface area (Å²) in [5.41, 5.74) is 2.17. The molecule has 0 bridgehead atoms. The van der Waals surface area contributed by atoms with Crippen molar-refractivity contribution in [3.8, 4) is 28.4 Å². The molecule has 3 aromatic rings. The predicted octanol–water partition coefficient (Wildman–Crippen LogP) is 3.05. The Bertz CT molecular complexity index is 1360. The Kier molecular flexibility index (Phi) is 5.57. The number of nitrogens with zero attached hydrogens (tertiary/aromatic N) is 3. The number of hydrogen-bond acceptors (Lipinski definition) is 7. The molecule has 3 aliphatic rings. The summed E-state index contributed by atoms with van der Waals surface area (Å²) in [5, 5.41) is 17.7. The van der Waals surface area contributed by atoms with Gasteiger partial charge in [-0.05, 0) is 43.7 Å². The lowest BCUT2D eigenvalue weighted by Crippen LogP contribution is -2.67. The van der Waals surface area contributed by atoms with Crippen LogP contribution in [-0.4, -0.2) is 83.3 Å². The summed E-state index contributed by atoms with van der Waals surface area (Å²) in [4.78, 5) is 15.0. The summed E-state index contributed by atoms with van der Waals surface area (Å²) in [5.74, 6) is 0.0915. The quantitative estimate of drug-likeness (QED) is 0.481. The fraction of sp³-hybridized carbons (Fsp3) is 0.481. The molecule has 9 nitrogen and oxygen atoms in total. The van der Waals surface area contributed by atoms with E-state index in [1.165, 1.54) is 13.2 Å². The molecule has 37 heavy (non-hydrogen) atoms. The number of aromatic nitrogens is 2. The van der Waals surface area contributed by atoms with Crippen LogP contribution in [0.3, 0.4) is 0 Å². The maximum atomic E-state index is 13.2. The predicted molar refractivity (Wildman–Crippen MR) is 134 cm³/mol. The van der Waals surface area contributed by atoms with Crippen molar-refractivity contribution in [2.75, 3.05) is 40.0 Å². The van der Waals surface area contributed by atoms with E-state index in [2.05, 4.69) is 29.2 Å². The molecule has 196 valence electrons. The first kappa shape index (κ1) is 24.0. The molecule has 3 fully saturated rings. The number of phenols is 1. The number of carbonyl (C=O) groups excluding carboxylic acids is 1. The van der Waals surface area contributed by atoms with E-state index < -0.39 is 18.1 Å². The number of aromatic hydroxyl groups is 1. The zero-order valence-electron chi connectivity index (χ0n) is 21.2. The average Bonchev–Trinajstić information content (AvgIpc) is 3.31. The molecular formula is C27H31FN4O5. The molecule has 2 aromatic heterocycles. The number of phenolic OH excluding ortho intramolecular Hbond substituents is 1.